The number of rotatable bonds is 9. The molecule has 9 heteroatoms. The summed E-state index contributed by atoms with van der Waals surface area (Å²) in [5.41, 5.74) is 1.23. The number of amides is 2. The molecule has 0 bridgehead atoms. The predicted octanol–water partition coefficient (Wildman–Crippen LogP) is 5.01. The van der Waals surface area contributed by atoms with E-state index in [1.807, 2.05) is 6.92 Å². The Morgan fingerprint density at radius 1 is 1.18 bits per heavy atom. The van der Waals surface area contributed by atoms with Gasteiger partial charge in [0.25, 0.3) is 5.91 Å². The molecule has 1 aliphatic rings. The maximum absolute atomic E-state index is 13.9. The van der Waals surface area contributed by atoms with Crippen LogP contribution >= 0.6 is 24.0 Å². The fraction of sp³-hybridized carbons (Fsp3) is 0.250. The van der Waals surface area contributed by atoms with Crippen LogP contribution in [0.15, 0.2) is 53.4 Å². The molecule has 33 heavy (non-hydrogen) atoms. The van der Waals surface area contributed by atoms with E-state index in [-0.39, 0.29) is 24.8 Å². The second kappa shape index (κ2) is 11.7. The van der Waals surface area contributed by atoms with Gasteiger partial charge in [-0.3, -0.25) is 14.5 Å². The summed E-state index contributed by atoms with van der Waals surface area (Å²) in [4.78, 5) is 38.6. The largest absolute Gasteiger partial charge is 0.462 e. The Balaban J connectivity index is 1.52. The van der Waals surface area contributed by atoms with E-state index < -0.39 is 11.8 Å². The SMILES string of the molecule is CCCCOC(=O)c1ccc(NC(=O)CCN2C(=O)C(=Cc3ccccc3F)SC2=S)cc1. The lowest BCUT2D eigenvalue weighted by Crippen LogP contribution is -2.31. The zero-order chi connectivity index (χ0) is 23.8. The normalized spacial score (nSPS) is 14.6. The van der Waals surface area contributed by atoms with Crippen molar-refractivity contribution in [3.8, 4) is 0 Å². The third kappa shape index (κ3) is 6.72. The Morgan fingerprint density at radius 2 is 1.91 bits per heavy atom. The van der Waals surface area contributed by atoms with Gasteiger partial charge >= 0.3 is 5.97 Å². The first-order chi connectivity index (χ1) is 15.9. The van der Waals surface area contributed by atoms with Crippen LogP contribution in [0.1, 0.15) is 42.1 Å². The van der Waals surface area contributed by atoms with Gasteiger partial charge in [0.15, 0.2) is 0 Å². The van der Waals surface area contributed by atoms with Crippen molar-refractivity contribution in [2.45, 2.75) is 26.2 Å². The first-order valence-corrected chi connectivity index (χ1v) is 11.7. The third-order valence-corrected chi connectivity index (χ3v) is 6.14. The molecule has 1 heterocycles. The highest BCUT2D eigenvalue weighted by Gasteiger charge is 2.32. The third-order valence-electron chi connectivity index (χ3n) is 4.76. The number of hydrogen-bond acceptors (Lipinski definition) is 6. The van der Waals surface area contributed by atoms with Crippen molar-refractivity contribution in [1.82, 2.24) is 4.90 Å². The highest BCUT2D eigenvalue weighted by Crippen LogP contribution is 2.33. The number of ether oxygens (including phenoxy) is 1. The van der Waals surface area contributed by atoms with Crippen LogP contribution in [0.2, 0.25) is 0 Å². The number of esters is 1. The zero-order valence-electron chi connectivity index (χ0n) is 18.0. The second-order valence-corrected chi connectivity index (χ2v) is 8.90. The summed E-state index contributed by atoms with van der Waals surface area (Å²) >= 11 is 6.34. The average molecular weight is 487 g/mol. The van der Waals surface area contributed by atoms with Gasteiger partial charge in [0.2, 0.25) is 5.91 Å². The van der Waals surface area contributed by atoms with E-state index in [0.717, 1.165) is 24.6 Å². The van der Waals surface area contributed by atoms with Crippen LogP contribution in [0.5, 0.6) is 0 Å². The average Bonchev–Trinajstić information content (AvgIpc) is 3.06. The molecule has 2 aromatic carbocycles. The van der Waals surface area contributed by atoms with Gasteiger partial charge in [-0.25, -0.2) is 9.18 Å². The van der Waals surface area contributed by atoms with Crippen LogP contribution in [0.25, 0.3) is 6.08 Å². The molecular weight excluding hydrogens is 463 g/mol. The van der Waals surface area contributed by atoms with Crippen LogP contribution in [0, 0.1) is 5.82 Å². The Labute approximate surface area is 201 Å². The molecule has 172 valence electrons. The Bertz CT molecular complexity index is 1090. The van der Waals surface area contributed by atoms with E-state index in [1.165, 1.54) is 17.0 Å². The molecule has 0 atom stereocenters. The minimum atomic E-state index is -0.428. The topological polar surface area (TPSA) is 75.7 Å². The predicted molar refractivity (Wildman–Crippen MR) is 131 cm³/mol. The molecule has 0 unspecified atom stereocenters. The molecule has 2 aromatic rings. The van der Waals surface area contributed by atoms with Crippen molar-refractivity contribution in [2.75, 3.05) is 18.5 Å². The molecule has 0 saturated carbocycles. The number of nitrogens with one attached hydrogen (secondary N) is 1. The van der Waals surface area contributed by atoms with Crippen LogP contribution in [0.3, 0.4) is 0 Å². The van der Waals surface area contributed by atoms with E-state index in [4.69, 9.17) is 17.0 Å². The number of unbranched alkanes of at least 4 members (excludes halogenated alkanes) is 1. The smallest absolute Gasteiger partial charge is 0.338 e. The summed E-state index contributed by atoms with van der Waals surface area (Å²) in [6.45, 7) is 2.49. The minimum Gasteiger partial charge on any atom is -0.462 e. The lowest BCUT2D eigenvalue weighted by Gasteiger charge is -2.14. The first kappa shape index (κ1) is 24.6. The molecule has 1 aliphatic heterocycles. The van der Waals surface area contributed by atoms with Gasteiger partial charge in [-0.15, -0.1) is 0 Å². The van der Waals surface area contributed by atoms with E-state index in [0.29, 0.717) is 32.6 Å². The van der Waals surface area contributed by atoms with Gasteiger partial charge in [0, 0.05) is 24.2 Å². The molecule has 0 aliphatic carbocycles. The van der Waals surface area contributed by atoms with Gasteiger partial charge in [0.1, 0.15) is 10.1 Å². The number of thioether (sulfide) groups is 1. The number of halogens is 1. The summed E-state index contributed by atoms with van der Waals surface area (Å²) < 4.78 is 19.3. The van der Waals surface area contributed by atoms with E-state index in [1.54, 1.807) is 42.5 Å². The van der Waals surface area contributed by atoms with Crippen LogP contribution in [0.4, 0.5) is 10.1 Å². The Kier molecular flexibility index (Phi) is 8.73. The summed E-state index contributed by atoms with van der Waals surface area (Å²) in [7, 11) is 0. The number of nitrogens with zero attached hydrogens (tertiary/aromatic N) is 1. The van der Waals surface area contributed by atoms with Crippen molar-refractivity contribution >= 4 is 57.8 Å². The van der Waals surface area contributed by atoms with E-state index in [2.05, 4.69) is 5.32 Å². The molecule has 0 radical (unpaired) electrons. The quantitative estimate of drug-likeness (QED) is 0.232. The van der Waals surface area contributed by atoms with Gasteiger partial charge in [0.05, 0.1) is 17.1 Å². The molecular formula is C24H23FN2O4S2. The number of benzene rings is 2. The number of carbonyl (C=O) groups excluding carboxylic acids is 3. The monoisotopic (exact) mass is 486 g/mol. The molecule has 0 spiro atoms. The zero-order valence-corrected chi connectivity index (χ0v) is 19.6. The fourth-order valence-corrected chi connectivity index (χ4v) is 4.24. The summed E-state index contributed by atoms with van der Waals surface area (Å²) in [6.07, 6.45) is 3.24. The van der Waals surface area contributed by atoms with E-state index in [9.17, 15) is 18.8 Å². The molecule has 1 saturated heterocycles. The van der Waals surface area contributed by atoms with Crippen molar-refractivity contribution in [3.05, 3.63) is 70.4 Å². The standard InChI is InChI=1S/C24H23FN2O4S2/c1-2-3-14-31-23(30)16-8-10-18(11-9-16)26-21(28)12-13-27-22(29)20(33-24(27)32)15-17-6-4-5-7-19(17)25/h4-11,15H,2-3,12-14H2,1H3,(H,26,28). The summed E-state index contributed by atoms with van der Waals surface area (Å²) in [6, 6.07) is 12.5. The van der Waals surface area contributed by atoms with Gasteiger partial charge in [-0.1, -0.05) is 55.5 Å². The van der Waals surface area contributed by atoms with Crippen molar-refractivity contribution in [3.63, 3.8) is 0 Å². The number of thiocarbonyl (C=S) groups is 1. The van der Waals surface area contributed by atoms with Crippen LogP contribution in [-0.4, -0.2) is 40.2 Å². The Morgan fingerprint density at radius 3 is 2.61 bits per heavy atom. The van der Waals surface area contributed by atoms with Gasteiger partial charge < -0.3 is 10.1 Å². The maximum Gasteiger partial charge on any atom is 0.338 e. The molecule has 2 amide bonds. The lowest BCUT2D eigenvalue weighted by molar-refractivity contribution is -0.122. The van der Waals surface area contributed by atoms with Crippen molar-refractivity contribution in [1.29, 1.82) is 0 Å². The van der Waals surface area contributed by atoms with Crippen LogP contribution < -0.4 is 5.32 Å². The fourth-order valence-electron chi connectivity index (χ4n) is 2.95. The Hall–Kier alpha value is -3.04. The van der Waals surface area contributed by atoms with E-state index >= 15 is 0 Å². The highest BCUT2D eigenvalue weighted by atomic mass is 32.2. The second-order valence-electron chi connectivity index (χ2n) is 7.22. The maximum atomic E-state index is 13.9. The molecule has 3 rings (SSSR count). The van der Waals surface area contributed by atoms with Crippen LogP contribution in [-0.2, 0) is 14.3 Å². The molecule has 1 N–H and O–H groups in total. The van der Waals surface area contributed by atoms with Gasteiger partial charge in [-0.2, -0.15) is 0 Å². The van der Waals surface area contributed by atoms with Crippen molar-refractivity contribution < 1.29 is 23.5 Å². The number of anilines is 1. The van der Waals surface area contributed by atoms with Gasteiger partial charge in [-0.05, 0) is 42.8 Å². The lowest BCUT2D eigenvalue weighted by atomic mass is 10.2. The first-order valence-electron chi connectivity index (χ1n) is 10.5. The highest BCUT2D eigenvalue weighted by molar-refractivity contribution is 8.26. The van der Waals surface area contributed by atoms with Crippen molar-refractivity contribution in [2.24, 2.45) is 0 Å². The summed E-state index contributed by atoms with van der Waals surface area (Å²) in [5.74, 6) is -1.49. The number of hydrogen-bond donors (Lipinski definition) is 1. The molecule has 6 nitrogen and oxygen atoms in total. The number of carbonyl (C=O) groups is 3. The minimum absolute atomic E-state index is 0.0280. The molecule has 0 aromatic heterocycles. The molecule has 1 fully saturated rings. The summed E-state index contributed by atoms with van der Waals surface area (Å²) in [5, 5.41) is 2.73.